The van der Waals surface area contributed by atoms with Crippen molar-refractivity contribution in [3.63, 3.8) is 0 Å². The summed E-state index contributed by atoms with van der Waals surface area (Å²) in [5.41, 5.74) is 1.83. The third-order valence-electron chi connectivity index (χ3n) is 3.19. The van der Waals surface area contributed by atoms with Gasteiger partial charge in [0.1, 0.15) is 23.5 Å². The Hall–Kier alpha value is -3.04. The van der Waals surface area contributed by atoms with Crippen molar-refractivity contribution in [1.82, 2.24) is 0 Å². The number of rotatable bonds is 4. The molecule has 0 aromatic heterocycles. The van der Waals surface area contributed by atoms with Crippen LogP contribution in [0.15, 0.2) is 65.8 Å². The fourth-order valence-corrected chi connectivity index (χ4v) is 2.06. The number of ether oxygens (including phenoxy) is 1. The van der Waals surface area contributed by atoms with Crippen molar-refractivity contribution < 1.29 is 4.74 Å². The number of nitriles is 2. The maximum absolute atomic E-state index is 9.09. The minimum Gasteiger partial charge on any atom is -0.497 e. The van der Waals surface area contributed by atoms with Gasteiger partial charge in [0.2, 0.25) is 0 Å². The van der Waals surface area contributed by atoms with Gasteiger partial charge in [-0.15, -0.1) is 0 Å². The summed E-state index contributed by atoms with van der Waals surface area (Å²) < 4.78 is 5.11. The van der Waals surface area contributed by atoms with Crippen molar-refractivity contribution in [1.29, 1.82) is 10.5 Å². The first-order valence-electron chi connectivity index (χ1n) is 6.50. The molecule has 3 nitrogen and oxygen atoms in total. The second-order valence-electron chi connectivity index (χ2n) is 4.46. The van der Waals surface area contributed by atoms with Gasteiger partial charge in [-0.25, -0.2) is 0 Å². The first-order valence-corrected chi connectivity index (χ1v) is 6.50. The number of benzene rings is 1. The minimum absolute atomic E-state index is 0.0196. The second kappa shape index (κ2) is 6.93. The van der Waals surface area contributed by atoms with Crippen LogP contribution in [0.3, 0.4) is 0 Å². The van der Waals surface area contributed by atoms with E-state index in [9.17, 15) is 0 Å². The van der Waals surface area contributed by atoms with Crippen LogP contribution in [0.1, 0.15) is 5.56 Å². The Morgan fingerprint density at radius 2 is 1.71 bits per heavy atom. The van der Waals surface area contributed by atoms with E-state index < -0.39 is 0 Å². The topological polar surface area (TPSA) is 56.8 Å². The van der Waals surface area contributed by atoms with Gasteiger partial charge in [0, 0.05) is 5.92 Å². The Bertz CT molecular complexity index is 679. The summed E-state index contributed by atoms with van der Waals surface area (Å²) in [5.74, 6) is 0.771. The molecule has 0 N–H and O–H groups in total. The summed E-state index contributed by atoms with van der Waals surface area (Å²) in [6, 6.07) is 11.5. The zero-order valence-electron chi connectivity index (χ0n) is 11.7. The Morgan fingerprint density at radius 1 is 1.10 bits per heavy atom. The van der Waals surface area contributed by atoms with E-state index in [0.29, 0.717) is 5.57 Å². The monoisotopic (exact) mass is 274 g/mol. The van der Waals surface area contributed by atoms with Crippen LogP contribution in [0.4, 0.5) is 0 Å². The first-order chi connectivity index (χ1) is 10.3. The highest BCUT2D eigenvalue weighted by atomic mass is 16.5. The highest BCUT2D eigenvalue weighted by Gasteiger charge is 2.13. The van der Waals surface area contributed by atoms with Crippen LogP contribution in [-0.2, 0) is 0 Å². The molecule has 1 aliphatic rings. The van der Waals surface area contributed by atoms with Crippen LogP contribution in [0.25, 0.3) is 6.08 Å². The smallest absolute Gasteiger partial charge is 0.133 e. The van der Waals surface area contributed by atoms with Gasteiger partial charge in [-0.2, -0.15) is 10.5 Å². The Balaban J connectivity index is 2.31. The van der Waals surface area contributed by atoms with Crippen molar-refractivity contribution in [2.45, 2.75) is 0 Å². The molecule has 0 bridgehead atoms. The Morgan fingerprint density at radius 3 is 2.24 bits per heavy atom. The normalized spacial score (nSPS) is 13.1. The van der Waals surface area contributed by atoms with Crippen molar-refractivity contribution in [3.8, 4) is 17.9 Å². The zero-order chi connectivity index (χ0) is 15.1. The van der Waals surface area contributed by atoms with E-state index in [1.54, 1.807) is 7.11 Å². The second-order valence-corrected chi connectivity index (χ2v) is 4.46. The lowest BCUT2D eigenvalue weighted by molar-refractivity contribution is 0.415. The number of hydrogen-bond donors (Lipinski definition) is 0. The Labute approximate surface area is 124 Å². The first kappa shape index (κ1) is 14.4. The molecular weight excluding hydrogens is 260 g/mol. The van der Waals surface area contributed by atoms with Crippen molar-refractivity contribution in [3.05, 3.63) is 71.4 Å². The van der Waals surface area contributed by atoms with Gasteiger partial charge < -0.3 is 4.74 Å². The molecule has 1 aromatic carbocycles. The predicted molar refractivity (Wildman–Crippen MR) is 82.1 cm³/mol. The van der Waals surface area contributed by atoms with Crippen LogP contribution in [0.2, 0.25) is 0 Å². The van der Waals surface area contributed by atoms with Gasteiger partial charge in [-0.1, -0.05) is 48.6 Å². The lowest BCUT2D eigenvalue weighted by atomic mass is 9.95. The third kappa shape index (κ3) is 3.49. The molecule has 3 heteroatoms. The van der Waals surface area contributed by atoms with Gasteiger partial charge in [0.25, 0.3) is 0 Å². The van der Waals surface area contributed by atoms with Crippen molar-refractivity contribution in [2.75, 3.05) is 7.11 Å². The molecule has 0 radical (unpaired) electrons. The molecule has 102 valence electrons. The zero-order valence-corrected chi connectivity index (χ0v) is 11.7. The van der Waals surface area contributed by atoms with E-state index in [2.05, 4.69) is 0 Å². The summed E-state index contributed by atoms with van der Waals surface area (Å²) in [6.45, 7) is 0. The van der Waals surface area contributed by atoms with Crippen LogP contribution < -0.4 is 4.74 Å². The molecule has 1 aromatic rings. The molecule has 2 rings (SSSR count). The van der Waals surface area contributed by atoms with Gasteiger partial charge >= 0.3 is 0 Å². The molecule has 0 unspecified atom stereocenters. The summed E-state index contributed by atoms with van der Waals surface area (Å²) in [7, 11) is 1.62. The maximum Gasteiger partial charge on any atom is 0.133 e. The third-order valence-corrected chi connectivity index (χ3v) is 3.19. The molecule has 0 heterocycles. The lowest BCUT2D eigenvalue weighted by Gasteiger charge is -2.07. The predicted octanol–water partition coefficient (Wildman–Crippen LogP) is 3.79. The van der Waals surface area contributed by atoms with E-state index in [0.717, 1.165) is 11.3 Å². The maximum atomic E-state index is 9.09. The Kier molecular flexibility index (Phi) is 4.75. The summed E-state index contributed by atoms with van der Waals surface area (Å²) >= 11 is 0. The fourth-order valence-electron chi connectivity index (χ4n) is 2.06. The van der Waals surface area contributed by atoms with Crippen LogP contribution in [-0.4, -0.2) is 7.11 Å². The summed E-state index contributed by atoms with van der Waals surface area (Å²) in [6.07, 6.45) is 11.5. The molecule has 0 amide bonds. The van der Waals surface area contributed by atoms with E-state index in [-0.39, 0.29) is 11.5 Å². The van der Waals surface area contributed by atoms with E-state index in [1.165, 1.54) is 0 Å². The number of allylic oxidation sites excluding steroid dienone is 7. The fraction of sp³-hybridized carbons (Fsp3) is 0.111. The average molecular weight is 274 g/mol. The van der Waals surface area contributed by atoms with Crippen LogP contribution in [0, 0.1) is 28.6 Å². The van der Waals surface area contributed by atoms with Crippen LogP contribution >= 0.6 is 0 Å². The molecule has 0 saturated carbocycles. The molecule has 0 aliphatic heterocycles. The van der Waals surface area contributed by atoms with Gasteiger partial charge in [0.05, 0.1) is 7.11 Å². The molecule has 0 saturated heterocycles. The highest BCUT2D eigenvalue weighted by Crippen LogP contribution is 2.24. The highest BCUT2D eigenvalue weighted by molar-refractivity contribution is 5.59. The summed E-state index contributed by atoms with van der Waals surface area (Å²) in [4.78, 5) is 0. The van der Waals surface area contributed by atoms with E-state index in [1.807, 2.05) is 72.9 Å². The van der Waals surface area contributed by atoms with Gasteiger partial charge in [-0.3, -0.25) is 0 Å². The largest absolute Gasteiger partial charge is 0.497 e. The van der Waals surface area contributed by atoms with Gasteiger partial charge in [-0.05, 0) is 23.3 Å². The SMILES string of the molecule is COc1ccc(/C=C/C(=C(C#N)C#N)C2C=CC=C2)cc1. The van der Waals surface area contributed by atoms with Crippen molar-refractivity contribution in [2.24, 2.45) is 5.92 Å². The standard InChI is InChI=1S/C18H14N2O/c1-21-17-9-6-14(7-10-17)8-11-18(16(12-19)13-20)15-4-2-3-5-15/h2-11,15H,1H3/b11-8+. The molecule has 1 aliphatic carbocycles. The molecule has 21 heavy (non-hydrogen) atoms. The molecule has 0 spiro atoms. The molecule has 0 atom stereocenters. The molecular formula is C18H14N2O. The average Bonchev–Trinajstić information content (AvgIpc) is 3.06. The quantitative estimate of drug-likeness (QED) is 0.620. The lowest BCUT2D eigenvalue weighted by Crippen LogP contribution is -1.96. The van der Waals surface area contributed by atoms with E-state index >= 15 is 0 Å². The number of methoxy groups -OCH3 is 1. The minimum atomic E-state index is -0.0196. The number of nitrogens with zero attached hydrogens (tertiary/aromatic N) is 2. The number of hydrogen-bond acceptors (Lipinski definition) is 3. The van der Waals surface area contributed by atoms with Crippen molar-refractivity contribution >= 4 is 6.08 Å². The van der Waals surface area contributed by atoms with E-state index in [4.69, 9.17) is 15.3 Å². The van der Waals surface area contributed by atoms with Crippen LogP contribution in [0.5, 0.6) is 5.75 Å². The van der Waals surface area contributed by atoms with Gasteiger partial charge in [0.15, 0.2) is 0 Å². The molecule has 0 fully saturated rings. The summed E-state index contributed by atoms with van der Waals surface area (Å²) in [5, 5.41) is 18.2.